The predicted molar refractivity (Wildman–Crippen MR) is 102 cm³/mol. The summed E-state index contributed by atoms with van der Waals surface area (Å²) < 4.78 is 29.1. The Morgan fingerprint density at radius 1 is 1.15 bits per heavy atom. The molecule has 0 spiro atoms. The summed E-state index contributed by atoms with van der Waals surface area (Å²) in [5.74, 6) is 0.0600. The van der Waals surface area contributed by atoms with E-state index in [9.17, 15) is 13.2 Å². The van der Waals surface area contributed by atoms with Crippen molar-refractivity contribution in [3.63, 3.8) is 0 Å². The van der Waals surface area contributed by atoms with Crippen LogP contribution >= 0.6 is 11.6 Å². The zero-order valence-corrected chi connectivity index (χ0v) is 15.7. The Kier molecular flexibility index (Phi) is 5.34. The Labute approximate surface area is 157 Å². The third kappa shape index (κ3) is 4.45. The van der Waals surface area contributed by atoms with Gasteiger partial charge in [0.1, 0.15) is 5.75 Å². The molecule has 136 valence electrons. The van der Waals surface area contributed by atoms with Gasteiger partial charge in [0.15, 0.2) is 16.4 Å². The second-order valence-corrected chi connectivity index (χ2v) is 8.43. The fraction of sp³-hybridized carbons (Fsp3) is 0.211. The number of sulfone groups is 1. The number of nitrogens with zero attached hydrogens (tertiary/aromatic N) is 1. The van der Waals surface area contributed by atoms with Crippen LogP contribution in [0.3, 0.4) is 0 Å². The second kappa shape index (κ2) is 7.51. The van der Waals surface area contributed by atoms with Crippen molar-refractivity contribution in [1.29, 1.82) is 0 Å². The van der Waals surface area contributed by atoms with Crippen molar-refractivity contribution < 1.29 is 17.9 Å². The Morgan fingerprint density at radius 2 is 1.81 bits per heavy atom. The first-order valence-corrected chi connectivity index (χ1v) is 10.1. The summed E-state index contributed by atoms with van der Waals surface area (Å²) in [7, 11) is -3.29. The van der Waals surface area contributed by atoms with Crippen LogP contribution in [0.15, 0.2) is 60.0 Å². The molecule has 1 atom stereocenters. The lowest BCUT2D eigenvalue weighted by Gasteiger charge is -2.27. The van der Waals surface area contributed by atoms with Crippen LogP contribution < -0.4 is 9.64 Å². The molecule has 0 fully saturated rings. The van der Waals surface area contributed by atoms with Gasteiger partial charge >= 0.3 is 0 Å². The van der Waals surface area contributed by atoms with Crippen LogP contribution in [0.5, 0.6) is 5.75 Å². The van der Waals surface area contributed by atoms with Gasteiger partial charge in [0.05, 0.1) is 11.8 Å². The topological polar surface area (TPSA) is 63.7 Å². The number of hydrogen-bond donors (Lipinski definition) is 0. The maximum atomic E-state index is 12.8. The van der Waals surface area contributed by atoms with Gasteiger partial charge in [-0.1, -0.05) is 29.3 Å². The monoisotopic (exact) mass is 391 g/mol. The summed E-state index contributed by atoms with van der Waals surface area (Å²) in [6, 6.07) is 13.5. The van der Waals surface area contributed by atoms with Crippen LogP contribution in [0.4, 0.5) is 5.69 Å². The van der Waals surface area contributed by atoms with E-state index in [2.05, 4.69) is 0 Å². The minimum absolute atomic E-state index is 0.131. The fourth-order valence-corrected chi connectivity index (χ4v) is 4.09. The molecule has 0 saturated heterocycles. The Hall–Kier alpha value is -2.31. The van der Waals surface area contributed by atoms with Gasteiger partial charge in [-0.3, -0.25) is 4.79 Å². The van der Waals surface area contributed by atoms with Crippen molar-refractivity contribution in [2.24, 2.45) is 0 Å². The van der Waals surface area contributed by atoms with E-state index in [0.717, 1.165) is 11.0 Å². The molecular formula is C19H18ClNO4S. The summed E-state index contributed by atoms with van der Waals surface area (Å²) in [5.41, 5.74) is 1.68. The van der Waals surface area contributed by atoms with Crippen LogP contribution in [0, 0.1) is 6.92 Å². The van der Waals surface area contributed by atoms with Crippen molar-refractivity contribution in [1.82, 2.24) is 0 Å². The van der Waals surface area contributed by atoms with Gasteiger partial charge in [0.2, 0.25) is 0 Å². The van der Waals surface area contributed by atoms with Crippen LogP contribution in [-0.2, 0) is 14.6 Å². The summed E-state index contributed by atoms with van der Waals surface area (Å²) in [6.45, 7) is 1.74. The number of carbonyl (C=O) groups excluding carboxylic acids is 1. The number of benzene rings is 2. The molecule has 0 unspecified atom stereocenters. The number of amides is 1. The van der Waals surface area contributed by atoms with E-state index in [0.29, 0.717) is 16.5 Å². The molecular weight excluding hydrogens is 374 g/mol. The lowest BCUT2D eigenvalue weighted by atomic mass is 10.1. The molecule has 5 nitrogen and oxygen atoms in total. The first kappa shape index (κ1) is 18.5. The molecule has 1 aliphatic rings. The number of anilines is 1. The molecule has 1 heterocycles. The average Bonchev–Trinajstić information content (AvgIpc) is 2.96. The Morgan fingerprint density at radius 3 is 2.38 bits per heavy atom. The van der Waals surface area contributed by atoms with Crippen LogP contribution in [-0.4, -0.2) is 32.7 Å². The first-order chi connectivity index (χ1) is 12.3. The van der Waals surface area contributed by atoms with Gasteiger partial charge in [-0.2, -0.15) is 0 Å². The van der Waals surface area contributed by atoms with Gasteiger partial charge in [-0.05, 0) is 49.4 Å². The molecule has 0 bridgehead atoms. The molecule has 0 radical (unpaired) electrons. The zero-order chi connectivity index (χ0) is 18.7. The molecule has 0 aliphatic carbocycles. The van der Waals surface area contributed by atoms with Gasteiger partial charge in [-0.25, -0.2) is 8.42 Å². The van der Waals surface area contributed by atoms with E-state index < -0.39 is 15.9 Å². The van der Waals surface area contributed by atoms with Crippen LogP contribution in [0.25, 0.3) is 0 Å². The highest BCUT2D eigenvalue weighted by molar-refractivity contribution is 7.94. The van der Waals surface area contributed by atoms with E-state index in [1.807, 2.05) is 19.1 Å². The number of aryl methyl sites for hydroxylation is 1. The molecule has 2 aromatic rings. The fourth-order valence-electron chi connectivity index (χ4n) is 2.69. The molecule has 3 rings (SSSR count). The highest BCUT2D eigenvalue weighted by Gasteiger charge is 2.31. The second-order valence-electron chi connectivity index (χ2n) is 6.07. The minimum atomic E-state index is -3.29. The molecule has 1 aliphatic heterocycles. The SMILES string of the molecule is Cc1ccc(N(C(=O)COc2ccc(Cl)cc2)[C@@H]2C=CS(=O)(=O)C2)cc1. The van der Waals surface area contributed by atoms with Gasteiger partial charge < -0.3 is 9.64 Å². The lowest BCUT2D eigenvalue weighted by molar-refractivity contribution is -0.120. The molecule has 26 heavy (non-hydrogen) atoms. The number of carbonyl (C=O) groups is 1. The smallest absolute Gasteiger partial charge is 0.265 e. The molecule has 0 N–H and O–H groups in total. The third-order valence-corrected chi connectivity index (χ3v) is 5.63. The summed E-state index contributed by atoms with van der Waals surface area (Å²) in [6.07, 6.45) is 1.54. The summed E-state index contributed by atoms with van der Waals surface area (Å²) in [4.78, 5) is 14.3. The highest BCUT2D eigenvalue weighted by atomic mass is 35.5. The van der Waals surface area contributed by atoms with Gasteiger partial charge in [0, 0.05) is 16.1 Å². The lowest BCUT2D eigenvalue weighted by Crippen LogP contribution is -2.43. The first-order valence-electron chi connectivity index (χ1n) is 8.02. The molecule has 7 heteroatoms. The van der Waals surface area contributed by atoms with Crippen LogP contribution in [0.2, 0.25) is 5.02 Å². The molecule has 1 amide bonds. The van der Waals surface area contributed by atoms with Gasteiger partial charge in [-0.15, -0.1) is 0 Å². The summed E-state index contributed by atoms with van der Waals surface area (Å²) in [5, 5.41) is 1.73. The van der Waals surface area contributed by atoms with Crippen LogP contribution in [0.1, 0.15) is 5.56 Å². The maximum Gasteiger partial charge on any atom is 0.265 e. The van der Waals surface area contributed by atoms with Crippen molar-refractivity contribution in [3.05, 3.63) is 70.6 Å². The van der Waals surface area contributed by atoms with E-state index in [1.165, 1.54) is 11.0 Å². The predicted octanol–water partition coefficient (Wildman–Crippen LogP) is 3.37. The standard InChI is InChI=1S/C19H18ClNO4S/c1-14-2-6-16(7-3-14)21(17-10-11-26(23,24)13-17)19(22)12-25-18-8-4-15(20)5-9-18/h2-11,17H,12-13H2,1H3/t17-/m1/s1. The Balaban J connectivity index is 1.80. The zero-order valence-electron chi connectivity index (χ0n) is 14.1. The van der Waals surface area contributed by atoms with E-state index >= 15 is 0 Å². The molecule has 2 aromatic carbocycles. The van der Waals surface area contributed by atoms with Crippen molar-refractivity contribution in [2.75, 3.05) is 17.3 Å². The van der Waals surface area contributed by atoms with Crippen molar-refractivity contribution in [2.45, 2.75) is 13.0 Å². The summed E-state index contributed by atoms with van der Waals surface area (Å²) >= 11 is 5.84. The third-order valence-electron chi connectivity index (χ3n) is 4.00. The molecule has 0 aromatic heterocycles. The number of ether oxygens (including phenoxy) is 1. The largest absolute Gasteiger partial charge is 0.484 e. The highest BCUT2D eigenvalue weighted by Crippen LogP contribution is 2.24. The van der Waals surface area contributed by atoms with E-state index in [-0.39, 0.29) is 18.3 Å². The van der Waals surface area contributed by atoms with Crippen molar-refractivity contribution >= 4 is 33.0 Å². The quantitative estimate of drug-likeness (QED) is 0.783. The normalized spacial score (nSPS) is 17.8. The number of rotatable bonds is 5. The number of halogens is 1. The Bertz CT molecular complexity index is 921. The van der Waals surface area contributed by atoms with E-state index in [4.69, 9.17) is 16.3 Å². The van der Waals surface area contributed by atoms with Crippen molar-refractivity contribution in [3.8, 4) is 5.75 Å². The molecule has 0 saturated carbocycles. The number of hydrogen-bond acceptors (Lipinski definition) is 4. The van der Waals surface area contributed by atoms with Gasteiger partial charge in [0.25, 0.3) is 5.91 Å². The maximum absolute atomic E-state index is 12.8. The van der Waals surface area contributed by atoms with E-state index in [1.54, 1.807) is 36.4 Å². The average molecular weight is 392 g/mol. The minimum Gasteiger partial charge on any atom is -0.484 e.